The van der Waals surface area contributed by atoms with Crippen LogP contribution in [-0.2, 0) is 4.79 Å². The number of rotatable bonds is 7. The molecule has 1 saturated heterocycles. The first-order valence-electron chi connectivity index (χ1n) is 10.1. The van der Waals surface area contributed by atoms with Crippen LogP contribution in [0.3, 0.4) is 0 Å². The molecule has 0 radical (unpaired) electrons. The minimum absolute atomic E-state index is 0.000390. The van der Waals surface area contributed by atoms with Crippen LogP contribution in [0.5, 0.6) is 0 Å². The Morgan fingerprint density at radius 3 is 2.23 bits per heavy atom. The highest BCUT2D eigenvalue weighted by Crippen LogP contribution is 2.28. The van der Waals surface area contributed by atoms with E-state index in [9.17, 15) is 20.0 Å². The summed E-state index contributed by atoms with van der Waals surface area (Å²) in [4.78, 5) is 28.2. The van der Waals surface area contributed by atoms with E-state index in [0.717, 1.165) is 35.5 Å². The Balaban J connectivity index is 1.87. The lowest BCUT2D eigenvalue weighted by Crippen LogP contribution is -2.50. The second-order valence-corrected chi connectivity index (χ2v) is 7.61. The minimum Gasteiger partial charge on any atom is -0.395 e. The van der Waals surface area contributed by atoms with Crippen molar-refractivity contribution in [1.29, 1.82) is 0 Å². The van der Waals surface area contributed by atoms with Gasteiger partial charge in [-0.15, -0.1) is 0 Å². The molecule has 0 spiro atoms. The van der Waals surface area contributed by atoms with Gasteiger partial charge in [0.25, 0.3) is 5.69 Å². The second-order valence-electron chi connectivity index (χ2n) is 7.61. The Labute approximate surface area is 176 Å². The highest BCUT2D eigenvalue weighted by Gasteiger charge is 2.31. The topological polar surface area (TPSA) is 98.9 Å². The van der Waals surface area contributed by atoms with Crippen molar-refractivity contribution in [2.24, 2.45) is 0 Å². The van der Waals surface area contributed by atoms with Gasteiger partial charge in [0.2, 0.25) is 5.91 Å². The number of nitro benzene ring substituents is 1. The van der Waals surface area contributed by atoms with Crippen molar-refractivity contribution in [1.82, 2.24) is 9.80 Å². The molecule has 8 nitrogen and oxygen atoms in total. The van der Waals surface area contributed by atoms with Crippen LogP contribution in [0.15, 0.2) is 42.5 Å². The zero-order valence-electron chi connectivity index (χ0n) is 17.4. The van der Waals surface area contributed by atoms with Crippen molar-refractivity contribution in [3.63, 3.8) is 0 Å². The van der Waals surface area contributed by atoms with E-state index in [1.807, 2.05) is 32.0 Å². The number of aliphatic hydroxyl groups excluding tert-OH is 1. The largest absolute Gasteiger partial charge is 0.395 e. The molecule has 1 aliphatic rings. The molecule has 0 unspecified atom stereocenters. The molecule has 30 heavy (non-hydrogen) atoms. The molecule has 1 fully saturated rings. The van der Waals surface area contributed by atoms with Crippen molar-refractivity contribution in [3.8, 4) is 0 Å². The molecular weight excluding hydrogens is 384 g/mol. The fourth-order valence-corrected chi connectivity index (χ4v) is 3.90. The Morgan fingerprint density at radius 1 is 1.10 bits per heavy atom. The van der Waals surface area contributed by atoms with Gasteiger partial charge in [-0.1, -0.05) is 30.3 Å². The molecule has 1 amide bonds. The van der Waals surface area contributed by atoms with Crippen LogP contribution in [0.4, 0.5) is 11.4 Å². The summed E-state index contributed by atoms with van der Waals surface area (Å²) in [6, 6.07) is 11.5. The molecule has 8 heteroatoms. The summed E-state index contributed by atoms with van der Waals surface area (Å²) in [7, 11) is 0. The molecule has 2 aromatic carbocycles. The van der Waals surface area contributed by atoms with Gasteiger partial charge in [-0.05, 0) is 30.5 Å². The molecule has 1 aliphatic heterocycles. The number of carbonyl (C=O) groups is 1. The van der Waals surface area contributed by atoms with Gasteiger partial charge >= 0.3 is 0 Å². The maximum Gasteiger partial charge on any atom is 0.269 e. The van der Waals surface area contributed by atoms with Gasteiger partial charge in [-0.25, -0.2) is 0 Å². The summed E-state index contributed by atoms with van der Waals surface area (Å²) in [5.74, 6) is -0.156. The number of non-ortho nitro benzene ring substituents is 1. The molecule has 2 N–H and O–H groups in total. The van der Waals surface area contributed by atoms with E-state index in [0.29, 0.717) is 19.6 Å². The fraction of sp³-hybridized carbons (Fsp3) is 0.409. The van der Waals surface area contributed by atoms with Crippen LogP contribution in [0.2, 0.25) is 0 Å². The summed E-state index contributed by atoms with van der Waals surface area (Å²) < 4.78 is 0. The van der Waals surface area contributed by atoms with Crippen LogP contribution >= 0.6 is 0 Å². The zero-order chi connectivity index (χ0) is 21.7. The number of hydrogen-bond acceptors (Lipinski definition) is 6. The number of benzene rings is 2. The van der Waals surface area contributed by atoms with Crippen LogP contribution in [0.1, 0.15) is 22.7 Å². The number of piperazine rings is 1. The third-order valence-corrected chi connectivity index (χ3v) is 5.59. The number of nitrogens with zero attached hydrogens (tertiary/aromatic N) is 3. The lowest BCUT2D eigenvalue weighted by molar-refractivity contribution is -0.384. The Morgan fingerprint density at radius 2 is 1.70 bits per heavy atom. The Kier molecular flexibility index (Phi) is 7.15. The summed E-state index contributed by atoms with van der Waals surface area (Å²) in [6.45, 7) is 7.48. The van der Waals surface area contributed by atoms with Gasteiger partial charge in [-0.3, -0.25) is 24.7 Å². The number of carbonyl (C=O) groups excluding carboxylic acids is 1. The maximum atomic E-state index is 13.4. The minimum atomic E-state index is -0.555. The van der Waals surface area contributed by atoms with Crippen molar-refractivity contribution in [2.75, 3.05) is 44.6 Å². The number of aliphatic hydroxyl groups is 1. The van der Waals surface area contributed by atoms with Crippen LogP contribution < -0.4 is 5.32 Å². The molecule has 0 bridgehead atoms. The summed E-state index contributed by atoms with van der Waals surface area (Å²) in [5, 5.41) is 23.3. The number of amides is 1. The Hall–Kier alpha value is -2.81. The van der Waals surface area contributed by atoms with E-state index >= 15 is 0 Å². The summed E-state index contributed by atoms with van der Waals surface area (Å²) in [6.07, 6.45) is 0. The van der Waals surface area contributed by atoms with Gasteiger partial charge in [0, 0.05) is 50.5 Å². The third kappa shape index (κ3) is 5.02. The van der Waals surface area contributed by atoms with Crippen molar-refractivity contribution < 1.29 is 14.8 Å². The average molecular weight is 412 g/mol. The fourth-order valence-electron chi connectivity index (χ4n) is 3.90. The predicted octanol–water partition coefficient (Wildman–Crippen LogP) is 2.50. The first-order valence-corrected chi connectivity index (χ1v) is 10.1. The van der Waals surface area contributed by atoms with Gasteiger partial charge in [0.05, 0.1) is 11.5 Å². The van der Waals surface area contributed by atoms with E-state index < -0.39 is 11.0 Å². The van der Waals surface area contributed by atoms with E-state index in [-0.39, 0.29) is 18.2 Å². The van der Waals surface area contributed by atoms with E-state index in [1.165, 1.54) is 12.1 Å². The number of nitro groups is 1. The van der Waals surface area contributed by atoms with E-state index in [1.54, 1.807) is 12.1 Å². The number of anilines is 1. The molecule has 0 aromatic heterocycles. The lowest BCUT2D eigenvalue weighted by Gasteiger charge is -2.38. The first-order chi connectivity index (χ1) is 14.4. The van der Waals surface area contributed by atoms with Gasteiger partial charge < -0.3 is 10.4 Å². The van der Waals surface area contributed by atoms with Crippen LogP contribution in [-0.4, -0.2) is 65.1 Å². The monoisotopic (exact) mass is 412 g/mol. The van der Waals surface area contributed by atoms with E-state index in [4.69, 9.17) is 0 Å². The van der Waals surface area contributed by atoms with Gasteiger partial charge in [-0.2, -0.15) is 0 Å². The molecule has 2 aromatic rings. The average Bonchev–Trinajstić information content (AvgIpc) is 2.73. The SMILES string of the molecule is Cc1cccc(C)c1NC(=O)[C@@H](c1ccc([N+](=O)[O-])cc1)N1CCN(CCO)CC1. The third-order valence-electron chi connectivity index (χ3n) is 5.59. The smallest absolute Gasteiger partial charge is 0.269 e. The predicted molar refractivity (Wildman–Crippen MR) is 115 cm³/mol. The number of aryl methyl sites for hydroxylation is 2. The van der Waals surface area contributed by atoms with Gasteiger partial charge in [0.15, 0.2) is 0 Å². The molecule has 0 aliphatic carbocycles. The zero-order valence-corrected chi connectivity index (χ0v) is 17.4. The summed E-state index contributed by atoms with van der Waals surface area (Å²) in [5.41, 5.74) is 3.49. The van der Waals surface area contributed by atoms with E-state index in [2.05, 4.69) is 15.1 Å². The number of hydrogen-bond donors (Lipinski definition) is 2. The molecule has 1 atom stereocenters. The first kappa shape index (κ1) is 21.9. The highest BCUT2D eigenvalue weighted by atomic mass is 16.6. The number of para-hydroxylation sites is 1. The number of β-amino-alcohol motifs (C(OH)–C–C–N with tert-alkyl or cyclic N) is 1. The quantitative estimate of drug-likeness (QED) is 0.536. The van der Waals surface area contributed by atoms with Crippen molar-refractivity contribution in [3.05, 3.63) is 69.3 Å². The van der Waals surface area contributed by atoms with Crippen molar-refractivity contribution >= 4 is 17.3 Å². The molecule has 3 rings (SSSR count). The maximum absolute atomic E-state index is 13.4. The molecule has 0 saturated carbocycles. The normalized spacial score (nSPS) is 16.2. The molecule has 1 heterocycles. The lowest BCUT2D eigenvalue weighted by atomic mass is 10.0. The Bertz CT molecular complexity index is 872. The second kappa shape index (κ2) is 9.80. The standard InChI is InChI=1S/C22H28N4O4/c1-16-4-3-5-17(2)20(16)23-22(28)21(18-6-8-19(9-7-18)26(29)30)25-12-10-24(11-13-25)14-15-27/h3-9,21,27H,10-15H2,1-2H3,(H,23,28)/t21-/m1/s1. The summed E-state index contributed by atoms with van der Waals surface area (Å²) >= 11 is 0. The highest BCUT2D eigenvalue weighted by molar-refractivity contribution is 5.96. The van der Waals surface area contributed by atoms with Crippen LogP contribution in [0, 0.1) is 24.0 Å². The van der Waals surface area contributed by atoms with Crippen molar-refractivity contribution in [2.45, 2.75) is 19.9 Å². The molecular formula is C22H28N4O4. The number of nitrogens with one attached hydrogen (secondary N) is 1. The van der Waals surface area contributed by atoms with Crippen LogP contribution in [0.25, 0.3) is 0 Å². The molecule has 160 valence electrons. The van der Waals surface area contributed by atoms with Gasteiger partial charge in [0.1, 0.15) is 6.04 Å².